The monoisotopic (exact) mass is 1130 g/mol. The van der Waals surface area contributed by atoms with E-state index in [4.69, 9.17) is 9.97 Å². The van der Waals surface area contributed by atoms with Crippen LogP contribution in [0.3, 0.4) is 0 Å². The Kier molecular flexibility index (Phi) is 12.4. The third-order valence-electron chi connectivity index (χ3n) is 19.2. The third kappa shape index (κ3) is 9.23. The summed E-state index contributed by atoms with van der Waals surface area (Å²) in [5.74, 6) is 0.701. The van der Waals surface area contributed by atoms with Crippen molar-refractivity contribution in [1.29, 1.82) is 0 Å². The highest BCUT2D eigenvalue weighted by Gasteiger charge is 2.43. The van der Waals surface area contributed by atoms with Gasteiger partial charge in [-0.05, 0) is 147 Å². The number of hydrogen-bond acceptors (Lipinski definition) is 2. The Hall–Kier alpha value is -8.28. The maximum atomic E-state index is 5.61. The molecule has 9 aromatic carbocycles. The second-order valence-corrected chi connectivity index (χ2v) is 31.6. The lowest BCUT2D eigenvalue weighted by Crippen LogP contribution is -2.59. The molecule has 5 heteroatoms. The molecule has 0 N–H and O–H groups in total. The Bertz CT molecular complexity index is 4470. The summed E-state index contributed by atoms with van der Waals surface area (Å²) in [5.41, 5.74) is 28.8. The van der Waals surface area contributed by atoms with Crippen molar-refractivity contribution in [2.24, 2.45) is 0 Å². The van der Waals surface area contributed by atoms with Crippen LogP contribution < -0.4 is 16.4 Å². The third-order valence-corrected chi connectivity index (χ3v) is 19.2. The van der Waals surface area contributed by atoms with Crippen LogP contribution in [0, 0.1) is 0 Å². The van der Waals surface area contributed by atoms with Crippen molar-refractivity contribution in [2.45, 2.75) is 157 Å². The summed E-state index contributed by atoms with van der Waals surface area (Å²) < 4.78 is 5.33. The van der Waals surface area contributed by atoms with E-state index < -0.39 is 0 Å². The molecule has 0 aliphatic carbocycles. The predicted molar refractivity (Wildman–Crippen MR) is 375 cm³/mol. The van der Waals surface area contributed by atoms with Crippen LogP contribution in [-0.2, 0) is 32.5 Å². The summed E-state index contributed by atoms with van der Waals surface area (Å²) in [4.78, 5) is 11.0. The molecule has 0 radical (unpaired) electrons. The first-order valence-corrected chi connectivity index (χ1v) is 31.7. The van der Waals surface area contributed by atoms with E-state index in [-0.39, 0.29) is 39.2 Å². The van der Waals surface area contributed by atoms with Crippen LogP contribution in [0.4, 0.5) is 0 Å². The largest absolute Gasteiger partial charge is 0.310 e. The minimum Gasteiger partial charge on any atom is -0.310 e. The normalized spacial score (nSPS) is 13.6. The zero-order valence-electron chi connectivity index (χ0n) is 54.6. The highest BCUT2D eigenvalue weighted by molar-refractivity contribution is 7.00. The van der Waals surface area contributed by atoms with Crippen molar-refractivity contribution >= 4 is 66.7 Å². The van der Waals surface area contributed by atoms with Crippen LogP contribution in [0.2, 0.25) is 0 Å². The Morgan fingerprint density at radius 1 is 0.310 bits per heavy atom. The zero-order chi connectivity index (χ0) is 61.4. The molecule has 3 aromatic heterocycles. The van der Waals surface area contributed by atoms with Crippen LogP contribution in [0.5, 0.6) is 0 Å². The molecule has 0 bridgehead atoms. The molecule has 5 heterocycles. The Balaban J connectivity index is 1.18. The molecule has 87 heavy (non-hydrogen) atoms. The first-order chi connectivity index (χ1) is 40.9. The number of hydrogen-bond donors (Lipinski definition) is 0. The quantitative estimate of drug-likeness (QED) is 0.161. The smallest absolute Gasteiger partial charge is 0.252 e. The topological polar surface area (TPSA) is 35.6 Å². The van der Waals surface area contributed by atoms with Crippen molar-refractivity contribution in [3.63, 3.8) is 0 Å². The summed E-state index contributed by atoms with van der Waals surface area (Å²) in [7, 11) is 0. The van der Waals surface area contributed by atoms with E-state index in [1.165, 1.54) is 127 Å². The van der Waals surface area contributed by atoms with Gasteiger partial charge in [-0.3, -0.25) is 0 Å². The molecule has 2 aliphatic rings. The van der Waals surface area contributed by atoms with Gasteiger partial charge >= 0.3 is 0 Å². The van der Waals surface area contributed by atoms with Gasteiger partial charge in [-0.15, -0.1) is 0 Å². The molecule has 0 fully saturated rings. The SMILES string of the molecule is CC(C)(C)c1cc(-c2ccc3c4c2c2cc(C(C)(C)C)ccc2n4-c2cc(-c4cc(-c5ccccc5)nc(-c5ccccc5)n4)cc4c2B3c2ccc(-c3cc(C(C)(C)C)cc(C(C)(C)C)c3)c3c5cc(C(C)(C)C)ccc5n-4c23)cc(C(C)(C)C)c1. The van der Waals surface area contributed by atoms with Gasteiger partial charge in [0.25, 0.3) is 6.71 Å². The standard InChI is InChI=1S/C82H83BN4/c1-77(2,3)53-29-35-67-61(45-53)71-59(50-37-55(79(7,8)9)43-56(38-50)80(10,11)12)31-33-63-74(71)86(67)69-41-52(66-47-65(48-25-21-19-22-26-48)84-76(85-66)49-27-23-20-24-28-49)42-70-73(69)83(63)64-34-32-60(51-39-57(81(13,14)15)44-58(40-51)82(16,17)18)72-62-46-54(78(4,5)6)30-36-68(62)87(70)75(64)72/h19-47H,1-18H3. The number of rotatable bonds is 5. The second kappa shape index (κ2) is 19.1. The molecular weight excluding hydrogens is 1050 g/mol. The lowest BCUT2D eigenvalue weighted by atomic mass is 9.34. The summed E-state index contributed by atoms with van der Waals surface area (Å²) in [6.07, 6.45) is 0. The van der Waals surface area contributed by atoms with E-state index in [2.05, 4.69) is 310 Å². The maximum absolute atomic E-state index is 5.61. The van der Waals surface area contributed by atoms with Gasteiger partial charge in [0, 0.05) is 60.6 Å². The zero-order valence-corrected chi connectivity index (χ0v) is 54.6. The lowest BCUT2D eigenvalue weighted by Gasteiger charge is -2.34. The van der Waals surface area contributed by atoms with Crippen LogP contribution in [-0.4, -0.2) is 25.8 Å². The average molecular weight is 1140 g/mol. The number of fused-ring (bicyclic) bond motifs is 10. The van der Waals surface area contributed by atoms with E-state index >= 15 is 0 Å². The van der Waals surface area contributed by atoms with Crippen molar-refractivity contribution in [3.05, 3.63) is 209 Å². The minimum absolute atomic E-state index is 0.0600. The first kappa shape index (κ1) is 56.5. The Labute approximate surface area is 516 Å². The number of nitrogens with zero attached hydrogens (tertiary/aromatic N) is 4. The van der Waals surface area contributed by atoms with Gasteiger partial charge in [-0.1, -0.05) is 258 Å². The molecule has 14 rings (SSSR count). The molecular formula is C82H83BN4. The molecule has 0 amide bonds. The molecule has 0 saturated carbocycles. The van der Waals surface area contributed by atoms with Gasteiger partial charge in [0.2, 0.25) is 0 Å². The van der Waals surface area contributed by atoms with E-state index in [9.17, 15) is 0 Å². The van der Waals surface area contributed by atoms with Crippen molar-refractivity contribution < 1.29 is 0 Å². The lowest BCUT2D eigenvalue weighted by molar-refractivity contribution is 0.568. The van der Waals surface area contributed by atoms with Gasteiger partial charge < -0.3 is 9.13 Å². The number of benzene rings is 9. The molecule has 0 unspecified atom stereocenters. The van der Waals surface area contributed by atoms with E-state index in [0.29, 0.717) is 5.82 Å². The van der Waals surface area contributed by atoms with Gasteiger partial charge in [-0.2, -0.15) is 0 Å². The second-order valence-electron chi connectivity index (χ2n) is 31.6. The molecule has 12 aromatic rings. The average Bonchev–Trinajstić information content (AvgIpc) is 1.57. The van der Waals surface area contributed by atoms with E-state index in [1.807, 2.05) is 0 Å². The van der Waals surface area contributed by atoms with Gasteiger partial charge in [0.1, 0.15) is 0 Å². The molecule has 4 nitrogen and oxygen atoms in total. The highest BCUT2D eigenvalue weighted by Crippen LogP contribution is 2.48. The summed E-state index contributed by atoms with van der Waals surface area (Å²) in [6, 6.07) is 67.9. The summed E-state index contributed by atoms with van der Waals surface area (Å²) in [5, 5.41) is 5.16. The molecule has 2 aliphatic heterocycles. The van der Waals surface area contributed by atoms with Crippen LogP contribution >= 0.6 is 0 Å². The maximum Gasteiger partial charge on any atom is 0.252 e. The predicted octanol–water partition coefficient (Wildman–Crippen LogP) is 19.9. The van der Waals surface area contributed by atoms with Gasteiger partial charge in [0.05, 0.1) is 22.4 Å². The van der Waals surface area contributed by atoms with E-state index in [0.717, 1.165) is 28.1 Å². The van der Waals surface area contributed by atoms with Crippen LogP contribution in [0.1, 0.15) is 158 Å². The molecule has 0 saturated heterocycles. The summed E-state index contributed by atoms with van der Waals surface area (Å²) in [6.45, 7) is 42.3. The van der Waals surface area contributed by atoms with Crippen molar-refractivity contribution in [3.8, 4) is 67.5 Å². The Morgan fingerprint density at radius 2 is 0.678 bits per heavy atom. The fraction of sp³-hybridized carbons (Fsp3) is 0.293. The fourth-order valence-electron chi connectivity index (χ4n) is 14.0. The van der Waals surface area contributed by atoms with Crippen LogP contribution in [0.15, 0.2) is 176 Å². The molecule has 0 spiro atoms. The molecule has 434 valence electrons. The van der Waals surface area contributed by atoms with Gasteiger partial charge in [0.15, 0.2) is 5.82 Å². The van der Waals surface area contributed by atoms with Crippen molar-refractivity contribution in [1.82, 2.24) is 19.1 Å². The minimum atomic E-state index is -0.0998. The van der Waals surface area contributed by atoms with Crippen LogP contribution in [0.25, 0.3) is 111 Å². The molecule has 0 atom stereocenters. The fourth-order valence-corrected chi connectivity index (χ4v) is 14.0. The first-order valence-electron chi connectivity index (χ1n) is 31.7. The van der Waals surface area contributed by atoms with Gasteiger partial charge in [-0.25, -0.2) is 9.97 Å². The highest BCUT2D eigenvalue weighted by atomic mass is 15.0. The van der Waals surface area contributed by atoms with E-state index in [1.54, 1.807) is 0 Å². The Morgan fingerprint density at radius 3 is 1.06 bits per heavy atom. The summed E-state index contributed by atoms with van der Waals surface area (Å²) >= 11 is 0. The number of aromatic nitrogens is 4. The van der Waals surface area contributed by atoms with Crippen molar-refractivity contribution in [2.75, 3.05) is 0 Å².